The summed E-state index contributed by atoms with van der Waals surface area (Å²) < 4.78 is 0. The summed E-state index contributed by atoms with van der Waals surface area (Å²) in [5.74, 6) is -4.97. The molecule has 3 aromatic rings. The Hall–Kier alpha value is -4.75. The first-order valence-corrected chi connectivity index (χ1v) is 12.9. The fourth-order valence-electron chi connectivity index (χ4n) is 4.29. The zero-order valence-electron chi connectivity index (χ0n) is 22.4. The second-order valence-corrected chi connectivity index (χ2v) is 9.72. The number of rotatable bonds is 14. The molecule has 10 N–H and O–H groups in total. The van der Waals surface area contributed by atoms with Gasteiger partial charge < -0.3 is 42.6 Å². The summed E-state index contributed by atoms with van der Waals surface area (Å²) >= 11 is 0. The molecule has 13 heteroatoms. The van der Waals surface area contributed by atoms with Gasteiger partial charge in [-0.15, -0.1) is 0 Å². The lowest BCUT2D eigenvalue weighted by Gasteiger charge is -2.26. The molecule has 3 rings (SSSR count). The largest absolute Gasteiger partial charge is 0.480 e. The third-order valence-corrected chi connectivity index (χ3v) is 6.45. The van der Waals surface area contributed by atoms with Gasteiger partial charge >= 0.3 is 5.97 Å². The Morgan fingerprint density at radius 2 is 1.49 bits per heavy atom. The smallest absolute Gasteiger partial charge is 0.326 e. The number of amides is 4. The summed E-state index contributed by atoms with van der Waals surface area (Å²) in [6, 6.07) is 10.8. The first kappa shape index (κ1) is 30.8. The number of nitrogens with two attached hydrogens (primary N) is 2. The maximum Gasteiger partial charge on any atom is 0.326 e. The molecule has 0 radical (unpaired) electrons. The number of nitrogens with one attached hydrogen (secondary N) is 4. The van der Waals surface area contributed by atoms with Crippen LogP contribution in [0.5, 0.6) is 0 Å². The minimum absolute atomic E-state index is 0.0335. The zero-order chi connectivity index (χ0) is 30.1. The fraction of sp³-hybridized carbons (Fsp3) is 0.321. The number of carboxylic acid groups (broad SMARTS) is 1. The quantitative estimate of drug-likeness (QED) is 0.121. The average molecular weight is 567 g/mol. The highest BCUT2D eigenvalue weighted by Gasteiger charge is 2.33. The summed E-state index contributed by atoms with van der Waals surface area (Å²) in [6.45, 7) is 1.22. The zero-order valence-corrected chi connectivity index (χ0v) is 22.4. The normalized spacial score (nSPS) is 14.7. The molecule has 0 spiro atoms. The van der Waals surface area contributed by atoms with E-state index in [2.05, 4.69) is 20.9 Å². The number of aliphatic hydroxyl groups excluding tert-OH is 1. The van der Waals surface area contributed by atoms with Crippen LogP contribution in [0.4, 0.5) is 0 Å². The van der Waals surface area contributed by atoms with Gasteiger partial charge in [0, 0.05) is 23.5 Å². The van der Waals surface area contributed by atoms with E-state index in [0.29, 0.717) is 5.56 Å². The van der Waals surface area contributed by atoms with Gasteiger partial charge in [-0.05, 0) is 30.5 Å². The molecule has 0 saturated carbocycles. The van der Waals surface area contributed by atoms with Crippen LogP contribution in [0.2, 0.25) is 0 Å². The van der Waals surface area contributed by atoms with Crippen molar-refractivity contribution >= 4 is 40.5 Å². The Morgan fingerprint density at radius 3 is 2.12 bits per heavy atom. The lowest BCUT2D eigenvalue weighted by molar-refractivity contribution is -0.144. The van der Waals surface area contributed by atoms with Crippen molar-refractivity contribution in [1.82, 2.24) is 20.9 Å². The van der Waals surface area contributed by atoms with Gasteiger partial charge in [-0.2, -0.15) is 0 Å². The predicted molar refractivity (Wildman–Crippen MR) is 149 cm³/mol. The summed E-state index contributed by atoms with van der Waals surface area (Å²) in [5.41, 5.74) is 13.7. The number of hydrogen-bond acceptors (Lipinski definition) is 7. The Labute approximate surface area is 235 Å². The minimum Gasteiger partial charge on any atom is -0.480 e. The van der Waals surface area contributed by atoms with E-state index in [1.165, 1.54) is 6.92 Å². The van der Waals surface area contributed by atoms with Gasteiger partial charge in [0.1, 0.15) is 18.1 Å². The van der Waals surface area contributed by atoms with E-state index < -0.39 is 66.3 Å². The average Bonchev–Trinajstić information content (AvgIpc) is 3.33. The van der Waals surface area contributed by atoms with E-state index in [4.69, 9.17) is 11.5 Å². The predicted octanol–water partition coefficient (Wildman–Crippen LogP) is -0.924. The number of aliphatic hydroxyl groups is 1. The molecule has 2 aromatic carbocycles. The lowest BCUT2D eigenvalue weighted by Crippen LogP contribution is -2.60. The molecule has 0 aliphatic rings. The van der Waals surface area contributed by atoms with Gasteiger partial charge in [0.05, 0.1) is 18.6 Å². The van der Waals surface area contributed by atoms with Crippen molar-refractivity contribution in [3.8, 4) is 0 Å². The number of carboxylic acids is 1. The van der Waals surface area contributed by atoms with Crippen LogP contribution in [0.1, 0.15) is 24.5 Å². The number of hydrogen-bond donors (Lipinski definition) is 8. The van der Waals surface area contributed by atoms with E-state index in [1.807, 2.05) is 24.3 Å². The topological polar surface area (TPSA) is 230 Å². The van der Waals surface area contributed by atoms with Crippen LogP contribution in [0.3, 0.4) is 0 Å². The van der Waals surface area contributed by atoms with E-state index >= 15 is 0 Å². The summed E-state index contributed by atoms with van der Waals surface area (Å²) in [7, 11) is 0. The van der Waals surface area contributed by atoms with E-state index in [0.717, 1.165) is 16.5 Å². The molecule has 0 bridgehead atoms. The minimum atomic E-state index is -1.67. The number of aromatic amines is 1. The summed E-state index contributed by atoms with van der Waals surface area (Å²) in [4.78, 5) is 65.0. The van der Waals surface area contributed by atoms with Crippen LogP contribution in [-0.2, 0) is 36.8 Å². The molecule has 218 valence electrons. The van der Waals surface area contributed by atoms with Crippen molar-refractivity contribution in [3.05, 3.63) is 71.9 Å². The van der Waals surface area contributed by atoms with Crippen LogP contribution in [0, 0.1) is 0 Å². The molecule has 0 fully saturated rings. The van der Waals surface area contributed by atoms with Crippen LogP contribution < -0.4 is 27.4 Å². The molecule has 41 heavy (non-hydrogen) atoms. The summed E-state index contributed by atoms with van der Waals surface area (Å²) in [5, 5.41) is 27.5. The Morgan fingerprint density at radius 1 is 0.854 bits per heavy atom. The molecule has 4 amide bonds. The number of aromatic nitrogens is 1. The number of fused-ring (bicyclic) bond motifs is 1. The highest BCUT2D eigenvalue weighted by Crippen LogP contribution is 2.19. The molecule has 0 aliphatic heterocycles. The van der Waals surface area contributed by atoms with Crippen molar-refractivity contribution in [2.24, 2.45) is 11.5 Å². The molecule has 5 unspecified atom stereocenters. The van der Waals surface area contributed by atoms with Crippen molar-refractivity contribution in [2.75, 3.05) is 0 Å². The maximum absolute atomic E-state index is 13.4. The highest BCUT2D eigenvalue weighted by atomic mass is 16.4. The van der Waals surface area contributed by atoms with Crippen molar-refractivity contribution in [2.45, 2.75) is 56.5 Å². The molecule has 13 nitrogen and oxygen atoms in total. The van der Waals surface area contributed by atoms with Gasteiger partial charge in [0.25, 0.3) is 0 Å². The molecular weight excluding hydrogens is 532 g/mol. The number of H-pyrrole nitrogens is 1. The monoisotopic (exact) mass is 566 g/mol. The van der Waals surface area contributed by atoms with E-state index in [1.54, 1.807) is 36.5 Å². The van der Waals surface area contributed by atoms with Crippen molar-refractivity contribution in [1.29, 1.82) is 0 Å². The molecule has 1 aromatic heterocycles. The number of para-hydroxylation sites is 1. The third-order valence-electron chi connectivity index (χ3n) is 6.45. The molecule has 0 saturated heterocycles. The van der Waals surface area contributed by atoms with Crippen LogP contribution >= 0.6 is 0 Å². The molecule has 0 aliphatic carbocycles. The van der Waals surface area contributed by atoms with Gasteiger partial charge in [0.2, 0.25) is 23.6 Å². The van der Waals surface area contributed by atoms with Gasteiger partial charge in [-0.25, -0.2) is 4.79 Å². The number of benzene rings is 2. The summed E-state index contributed by atoms with van der Waals surface area (Å²) in [6.07, 6.45) is -0.168. The first-order chi connectivity index (χ1) is 19.5. The van der Waals surface area contributed by atoms with Gasteiger partial charge in [-0.3, -0.25) is 19.2 Å². The maximum atomic E-state index is 13.4. The Bertz CT molecular complexity index is 1390. The second kappa shape index (κ2) is 14.1. The fourth-order valence-corrected chi connectivity index (χ4v) is 4.29. The van der Waals surface area contributed by atoms with Crippen LogP contribution in [0.15, 0.2) is 60.8 Å². The van der Waals surface area contributed by atoms with Gasteiger partial charge in [0.15, 0.2) is 0 Å². The number of aliphatic carboxylic acids is 1. The Kier molecular flexibility index (Phi) is 10.6. The standard InChI is InChI=1S/C28H34N6O7/c1-15(35)24(27(39)33-22(28(40)41)13-23(30)36)34-26(38)21(11-16-7-3-2-4-8-16)32-25(37)19(29)12-17-14-31-20-10-6-5-9-18(17)20/h2-10,14-15,19,21-22,24,31,35H,11-13,29H2,1H3,(H2,30,36)(H,32,37)(H,33,39)(H,34,38)(H,40,41). The van der Waals surface area contributed by atoms with Crippen LogP contribution in [-0.4, -0.2) is 75.1 Å². The molecule has 1 heterocycles. The van der Waals surface area contributed by atoms with Gasteiger partial charge in [-0.1, -0.05) is 48.5 Å². The Balaban J connectivity index is 1.76. The van der Waals surface area contributed by atoms with E-state index in [-0.39, 0.29) is 12.8 Å². The van der Waals surface area contributed by atoms with E-state index in [9.17, 15) is 34.2 Å². The lowest BCUT2D eigenvalue weighted by atomic mass is 10.0. The van der Waals surface area contributed by atoms with Crippen molar-refractivity contribution in [3.63, 3.8) is 0 Å². The number of carbonyl (C=O) groups is 5. The second-order valence-electron chi connectivity index (χ2n) is 9.72. The molecule has 5 atom stereocenters. The van der Waals surface area contributed by atoms with Crippen LogP contribution in [0.25, 0.3) is 10.9 Å². The number of primary amides is 1. The highest BCUT2D eigenvalue weighted by molar-refractivity contribution is 5.95. The SMILES string of the molecule is CC(O)C(NC(=O)C(Cc1ccccc1)NC(=O)C(N)Cc1c[nH]c2ccccc12)C(=O)NC(CC(N)=O)C(=O)O. The third kappa shape index (κ3) is 8.62. The first-order valence-electron chi connectivity index (χ1n) is 12.9. The van der Waals surface area contributed by atoms with Crippen molar-refractivity contribution < 1.29 is 34.2 Å². The molecular formula is C28H34N6O7. The number of carbonyl (C=O) groups excluding carboxylic acids is 4.